The molecule has 1 heterocycles. The molecule has 0 amide bonds. The van der Waals surface area contributed by atoms with Gasteiger partial charge in [0, 0.05) is 30.4 Å². The first kappa shape index (κ1) is 21.0. The van der Waals surface area contributed by atoms with E-state index in [1.54, 1.807) is 0 Å². The van der Waals surface area contributed by atoms with Gasteiger partial charge in [0.2, 0.25) is 0 Å². The van der Waals surface area contributed by atoms with Crippen molar-refractivity contribution in [2.75, 3.05) is 31.6 Å². The zero-order chi connectivity index (χ0) is 18.6. The largest absolute Gasteiger partial charge is 0.494 e. The summed E-state index contributed by atoms with van der Waals surface area (Å²) in [6.07, 6.45) is 5.97. The Morgan fingerprint density at radius 1 is 1.19 bits per heavy atom. The minimum absolute atomic E-state index is 0.198. The van der Waals surface area contributed by atoms with Gasteiger partial charge >= 0.3 is 0 Å². The van der Waals surface area contributed by atoms with Gasteiger partial charge < -0.3 is 25.2 Å². The zero-order valence-corrected chi connectivity index (χ0v) is 16.4. The molecule has 5 heteroatoms. The maximum Gasteiger partial charge on any atom is 0.119 e. The summed E-state index contributed by atoms with van der Waals surface area (Å²) in [7, 11) is 0. The Morgan fingerprint density at radius 2 is 2.00 bits per heavy atom. The maximum atomic E-state index is 9.92. The third-order valence-electron chi connectivity index (χ3n) is 4.83. The quantitative estimate of drug-likeness (QED) is 0.466. The Balaban J connectivity index is 1.90. The third-order valence-corrected chi connectivity index (χ3v) is 4.83. The van der Waals surface area contributed by atoms with Gasteiger partial charge in [0.05, 0.1) is 19.3 Å². The fourth-order valence-corrected chi connectivity index (χ4v) is 3.13. The van der Waals surface area contributed by atoms with E-state index in [1.807, 2.05) is 6.07 Å². The van der Waals surface area contributed by atoms with Crippen LogP contribution in [0.15, 0.2) is 18.2 Å². The van der Waals surface area contributed by atoms with E-state index in [4.69, 9.17) is 9.47 Å². The molecule has 2 atom stereocenters. The summed E-state index contributed by atoms with van der Waals surface area (Å²) in [5.41, 5.74) is 2.23. The van der Waals surface area contributed by atoms with Crippen molar-refractivity contribution >= 4 is 5.69 Å². The average Bonchev–Trinajstić information content (AvgIpc) is 3.05. The summed E-state index contributed by atoms with van der Waals surface area (Å²) in [5.74, 6) is 0.908. The molecule has 3 N–H and O–H groups in total. The lowest BCUT2D eigenvalue weighted by Crippen LogP contribution is -2.32. The van der Waals surface area contributed by atoms with E-state index in [0.717, 1.165) is 81.8 Å². The summed E-state index contributed by atoms with van der Waals surface area (Å²) in [4.78, 5) is 0. The number of unbranched alkanes of at least 4 members (excludes halogenated alkanes) is 2. The highest BCUT2D eigenvalue weighted by molar-refractivity contribution is 5.54. The molecular weight excluding hydrogens is 328 g/mol. The summed E-state index contributed by atoms with van der Waals surface area (Å²) >= 11 is 0. The van der Waals surface area contributed by atoms with Crippen LogP contribution in [-0.2, 0) is 11.3 Å². The minimum atomic E-state index is -0.219. The number of anilines is 1. The number of aliphatic hydroxyl groups is 1. The lowest BCUT2D eigenvalue weighted by Gasteiger charge is -2.18. The summed E-state index contributed by atoms with van der Waals surface area (Å²) < 4.78 is 11.7. The van der Waals surface area contributed by atoms with E-state index in [2.05, 4.69) is 36.6 Å². The number of ether oxygens (including phenoxy) is 2. The summed E-state index contributed by atoms with van der Waals surface area (Å²) in [6, 6.07) is 6.39. The van der Waals surface area contributed by atoms with Gasteiger partial charge in [0.15, 0.2) is 0 Å². The average molecular weight is 365 g/mol. The number of hydrogen-bond acceptors (Lipinski definition) is 5. The number of rotatable bonds is 13. The van der Waals surface area contributed by atoms with Crippen LogP contribution in [0.3, 0.4) is 0 Å². The molecular formula is C21H36N2O3. The van der Waals surface area contributed by atoms with E-state index >= 15 is 0 Å². The van der Waals surface area contributed by atoms with E-state index < -0.39 is 0 Å². The molecule has 1 aliphatic rings. The molecule has 1 aliphatic heterocycles. The van der Waals surface area contributed by atoms with Gasteiger partial charge in [0.25, 0.3) is 0 Å². The highest BCUT2D eigenvalue weighted by Crippen LogP contribution is 2.24. The fraction of sp³-hybridized carbons (Fsp3) is 0.714. The third kappa shape index (κ3) is 7.14. The Hall–Kier alpha value is -1.30. The summed E-state index contributed by atoms with van der Waals surface area (Å²) in [5, 5.41) is 16.8. The molecule has 0 spiro atoms. The van der Waals surface area contributed by atoms with Gasteiger partial charge in [-0.2, -0.15) is 0 Å². The smallest absolute Gasteiger partial charge is 0.119 e. The Bertz CT molecular complexity index is 510. The van der Waals surface area contributed by atoms with Gasteiger partial charge in [-0.3, -0.25) is 0 Å². The summed E-state index contributed by atoms with van der Waals surface area (Å²) in [6.45, 7) is 8.21. The van der Waals surface area contributed by atoms with Crippen molar-refractivity contribution in [1.82, 2.24) is 5.32 Å². The molecule has 1 saturated heterocycles. The van der Waals surface area contributed by atoms with Gasteiger partial charge in [-0.25, -0.2) is 0 Å². The molecule has 1 aromatic rings. The fourth-order valence-electron chi connectivity index (χ4n) is 3.13. The predicted octanol–water partition coefficient (Wildman–Crippen LogP) is 3.71. The molecule has 2 rings (SSSR count). The molecule has 1 aromatic carbocycles. The number of benzene rings is 1. The van der Waals surface area contributed by atoms with E-state index in [0.29, 0.717) is 6.61 Å². The predicted molar refractivity (Wildman–Crippen MR) is 107 cm³/mol. The second kappa shape index (κ2) is 12.2. The molecule has 2 unspecified atom stereocenters. The normalized spacial score (nSPS) is 19.7. The minimum Gasteiger partial charge on any atom is -0.494 e. The molecule has 26 heavy (non-hydrogen) atoms. The lowest BCUT2D eigenvalue weighted by molar-refractivity contribution is 0.118. The molecule has 0 aromatic heterocycles. The highest BCUT2D eigenvalue weighted by atomic mass is 16.5. The van der Waals surface area contributed by atoms with E-state index in [-0.39, 0.29) is 12.1 Å². The SMILES string of the molecule is CCCCOCc1cc(OCCCC)ccc1NCCC1NCCC1O. The van der Waals surface area contributed by atoms with Crippen molar-refractivity contribution < 1.29 is 14.6 Å². The van der Waals surface area contributed by atoms with Gasteiger partial charge in [-0.1, -0.05) is 26.7 Å². The van der Waals surface area contributed by atoms with Gasteiger partial charge in [-0.15, -0.1) is 0 Å². The van der Waals surface area contributed by atoms with Gasteiger partial charge in [-0.05, 0) is 50.4 Å². The lowest BCUT2D eigenvalue weighted by atomic mass is 10.1. The topological polar surface area (TPSA) is 62.8 Å². The maximum absolute atomic E-state index is 9.92. The van der Waals surface area contributed by atoms with Crippen LogP contribution in [0.25, 0.3) is 0 Å². The van der Waals surface area contributed by atoms with Crippen molar-refractivity contribution in [3.05, 3.63) is 23.8 Å². The molecule has 0 aliphatic carbocycles. The molecule has 0 saturated carbocycles. The van der Waals surface area contributed by atoms with Crippen molar-refractivity contribution in [3.8, 4) is 5.75 Å². The van der Waals surface area contributed by atoms with E-state index in [9.17, 15) is 5.11 Å². The van der Waals surface area contributed by atoms with E-state index in [1.165, 1.54) is 0 Å². The zero-order valence-electron chi connectivity index (χ0n) is 16.4. The Labute approximate surface area is 158 Å². The van der Waals surface area contributed by atoms with Crippen LogP contribution < -0.4 is 15.4 Å². The highest BCUT2D eigenvalue weighted by Gasteiger charge is 2.23. The van der Waals surface area contributed by atoms with Crippen LogP contribution in [0, 0.1) is 0 Å². The first-order chi connectivity index (χ1) is 12.7. The first-order valence-electron chi connectivity index (χ1n) is 10.2. The van der Waals surface area contributed by atoms with Crippen LogP contribution in [-0.4, -0.2) is 43.6 Å². The van der Waals surface area contributed by atoms with Crippen LogP contribution in [0.2, 0.25) is 0 Å². The molecule has 5 nitrogen and oxygen atoms in total. The van der Waals surface area contributed by atoms with Crippen molar-refractivity contribution in [3.63, 3.8) is 0 Å². The van der Waals surface area contributed by atoms with Crippen molar-refractivity contribution in [1.29, 1.82) is 0 Å². The standard InChI is InChI=1S/C21H36N2O3/c1-3-5-13-25-16-17-15-18(26-14-6-4-2)7-8-19(17)22-11-9-20-21(24)10-12-23-20/h7-8,15,20-24H,3-6,9-14,16H2,1-2H3. The number of hydrogen-bond donors (Lipinski definition) is 3. The monoisotopic (exact) mass is 364 g/mol. The molecule has 148 valence electrons. The van der Waals surface area contributed by atoms with Crippen LogP contribution >= 0.6 is 0 Å². The number of nitrogens with one attached hydrogen (secondary N) is 2. The van der Waals surface area contributed by atoms with Crippen LogP contribution in [0.1, 0.15) is 57.9 Å². The number of aliphatic hydroxyl groups excluding tert-OH is 1. The first-order valence-corrected chi connectivity index (χ1v) is 10.2. The second-order valence-electron chi connectivity index (χ2n) is 7.06. The Kier molecular flexibility index (Phi) is 9.82. The van der Waals surface area contributed by atoms with Gasteiger partial charge in [0.1, 0.15) is 5.75 Å². The van der Waals surface area contributed by atoms with Crippen molar-refractivity contribution in [2.45, 2.75) is 71.1 Å². The Morgan fingerprint density at radius 3 is 2.73 bits per heavy atom. The molecule has 0 bridgehead atoms. The second-order valence-corrected chi connectivity index (χ2v) is 7.06. The van der Waals surface area contributed by atoms with Crippen LogP contribution in [0.4, 0.5) is 5.69 Å². The van der Waals surface area contributed by atoms with Crippen LogP contribution in [0.5, 0.6) is 5.75 Å². The molecule has 0 radical (unpaired) electrons. The van der Waals surface area contributed by atoms with Crippen molar-refractivity contribution in [2.24, 2.45) is 0 Å². The molecule has 1 fully saturated rings.